The number of amides is 4. The maximum absolute atomic E-state index is 13.1. The third-order valence-corrected chi connectivity index (χ3v) is 7.18. The van der Waals surface area contributed by atoms with E-state index < -0.39 is 6.04 Å². The van der Waals surface area contributed by atoms with Crippen molar-refractivity contribution in [3.63, 3.8) is 0 Å². The number of para-hydroxylation sites is 2. The van der Waals surface area contributed by atoms with Gasteiger partial charge >= 0.3 is 6.03 Å². The molecule has 0 bridgehead atoms. The van der Waals surface area contributed by atoms with Gasteiger partial charge in [0.25, 0.3) is 5.91 Å². The lowest BCUT2D eigenvalue weighted by Crippen LogP contribution is -2.46. The van der Waals surface area contributed by atoms with E-state index >= 15 is 0 Å². The molecule has 0 aromatic heterocycles. The van der Waals surface area contributed by atoms with Crippen LogP contribution in [0.25, 0.3) is 5.57 Å². The number of carbonyl (C=O) groups is 3. The summed E-state index contributed by atoms with van der Waals surface area (Å²) in [7, 11) is 1.60. The van der Waals surface area contributed by atoms with Crippen molar-refractivity contribution in [2.75, 3.05) is 32.1 Å². The molecule has 1 aliphatic rings. The zero-order valence-corrected chi connectivity index (χ0v) is 25.5. The Hall–Kier alpha value is -4.99. The molecule has 44 heavy (non-hydrogen) atoms. The lowest BCUT2D eigenvalue weighted by molar-refractivity contribution is -0.131. The van der Waals surface area contributed by atoms with Crippen molar-refractivity contribution in [2.45, 2.75) is 45.7 Å². The van der Waals surface area contributed by atoms with E-state index in [-0.39, 0.29) is 31.0 Å². The number of rotatable bonds is 15. The maximum atomic E-state index is 13.1. The Morgan fingerprint density at radius 3 is 2.48 bits per heavy atom. The van der Waals surface area contributed by atoms with Crippen LogP contribution < -0.4 is 30.7 Å². The predicted molar refractivity (Wildman–Crippen MR) is 171 cm³/mol. The summed E-state index contributed by atoms with van der Waals surface area (Å²) >= 11 is 0. The number of nitrogens with one attached hydrogen (secondary N) is 3. The largest absolute Gasteiger partial charge is 0.496 e. The molecule has 4 amide bonds. The van der Waals surface area contributed by atoms with E-state index in [1.54, 1.807) is 36.3 Å². The molecule has 1 atom stereocenters. The smallest absolute Gasteiger partial charge is 0.319 e. The van der Waals surface area contributed by atoms with Crippen LogP contribution in [0.3, 0.4) is 0 Å². The molecule has 231 valence electrons. The van der Waals surface area contributed by atoms with E-state index in [1.807, 2.05) is 54.7 Å². The molecular formula is C34H40N5O5. The third-order valence-electron chi connectivity index (χ3n) is 7.18. The number of carbonyl (C=O) groups excluding carboxylic acids is 3. The molecule has 1 radical (unpaired) electrons. The molecule has 3 N–H and O–H groups in total. The molecule has 0 spiro atoms. The van der Waals surface area contributed by atoms with Gasteiger partial charge in [-0.25, -0.2) is 4.79 Å². The number of benzene rings is 3. The van der Waals surface area contributed by atoms with Crippen LogP contribution in [0, 0.1) is 0 Å². The monoisotopic (exact) mass is 598 g/mol. The number of anilines is 1. The average molecular weight is 599 g/mol. The van der Waals surface area contributed by atoms with Crippen molar-refractivity contribution in [2.24, 2.45) is 0 Å². The predicted octanol–water partition coefficient (Wildman–Crippen LogP) is 5.21. The van der Waals surface area contributed by atoms with Crippen molar-refractivity contribution >= 4 is 34.8 Å². The van der Waals surface area contributed by atoms with Crippen LogP contribution in [-0.2, 0) is 16.1 Å². The Labute approximate surface area is 258 Å². The van der Waals surface area contributed by atoms with Gasteiger partial charge in [0, 0.05) is 49.6 Å². The van der Waals surface area contributed by atoms with Crippen LogP contribution in [0.15, 0.2) is 79.0 Å². The summed E-state index contributed by atoms with van der Waals surface area (Å²) in [5.41, 5.74) is 4.36. The Balaban J connectivity index is 1.40. The first-order chi connectivity index (χ1) is 21.4. The highest BCUT2D eigenvalue weighted by Crippen LogP contribution is 2.33. The highest BCUT2D eigenvalue weighted by Gasteiger charge is 2.24. The average Bonchev–Trinajstić information content (AvgIpc) is 3.43. The quantitative estimate of drug-likeness (QED) is 0.207. The molecule has 1 unspecified atom stereocenters. The highest BCUT2D eigenvalue weighted by molar-refractivity contribution is 5.89. The Bertz CT molecular complexity index is 1460. The van der Waals surface area contributed by atoms with Gasteiger partial charge in [-0.05, 0) is 54.8 Å². The van der Waals surface area contributed by atoms with Gasteiger partial charge in [-0.2, -0.15) is 0 Å². The van der Waals surface area contributed by atoms with E-state index in [0.717, 1.165) is 35.2 Å². The Morgan fingerprint density at radius 1 is 0.977 bits per heavy atom. The molecule has 10 heteroatoms. The minimum absolute atomic E-state index is 0.121. The van der Waals surface area contributed by atoms with Crippen molar-refractivity contribution in [1.82, 2.24) is 20.9 Å². The van der Waals surface area contributed by atoms with Gasteiger partial charge in [0.05, 0.1) is 18.8 Å². The van der Waals surface area contributed by atoms with Crippen LogP contribution in [0.1, 0.15) is 44.2 Å². The summed E-state index contributed by atoms with van der Waals surface area (Å²) in [4.78, 5) is 39.6. The van der Waals surface area contributed by atoms with E-state index in [4.69, 9.17) is 9.47 Å². The van der Waals surface area contributed by atoms with Crippen LogP contribution in [0.5, 0.6) is 11.5 Å². The number of hydrogen-bond acceptors (Lipinski definition) is 5. The SMILES string of the molecule is CCCCNC(=O)Nc1ccc(OCC(=O)NC(CC2=C[N]c3ccccc32)CN(Cc2ccccc2OC)C(C)=O)cc1. The number of methoxy groups -OCH3 is 1. The van der Waals surface area contributed by atoms with Crippen LogP contribution >= 0.6 is 0 Å². The Kier molecular flexibility index (Phi) is 11.6. The van der Waals surface area contributed by atoms with Gasteiger partial charge < -0.3 is 30.3 Å². The fourth-order valence-corrected chi connectivity index (χ4v) is 4.88. The molecule has 1 aliphatic heterocycles. The van der Waals surface area contributed by atoms with E-state index in [1.165, 1.54) is 6.92 Å². The molecule has 3 aromatic carbocycles. The van der Waals surface area contributed by atoms with E-state index in [0.29, 0.717) is 36.7 Å². The summed E-state index contributed by atoms with van der Waals surface area (Å²) < 4.78 is 11.2. The minimum atomic E-state index is -0.407. The number of urea groups is 1. The number of hydrogen-bond donors (Lipinski definition) is 3. The highest BCUT2D eigenvalue weighted by atomic mass is 16.5. The summed E-state index contributed by atoms with van der Waals surface area (Å²) in [6.07, 6.45) is 4.21. The van der Waals surface area contributed by atoms with E-state index in [2.05, 4.69) is 28.2 Å². The molecule has 4 rings (SSSR count). The summed E-state index contributed by atoms with van der Waals surface area (Å²) in [6.45, 7) is 4.59. The van der Waals surface area contributed by atoms with Crippen molar-refractivity contribution in [3.8, 4) is 11.5 Å². The molecule has 0 saturated heterocycles. The minimum Gasteiger partial charge on any atom is -0.496 e. The first-order valence-electron chi connectivity index (χ1n) is 14.8. The van der Waals surface area contributed by atoms with Gasteiger partial charge in [0.1, 0.15) is 11.5 Å². The second-order valence-corrected chi connectivity index (χ2v) is 10.5. The standard InChI is InChI=1S/C34H40N5O5/c1-4-5-18-35-34(42)38-27-14-16-29(17-15-27)44-23-33(41)37-28(19-26-20-36-31-12-8-7-11-30(26)31)22-39(24(2)40)21-25-10-6-9-13-32(25)43-3/h6-17,20,28H,4-5,18-19,21-23H2,1-3H3,(H,37,41)(H2,35,38,42). The van der Waals surface area contributed by atoms with Crippen molar-refractivity contribution in [3.05, 3.63) is 90.1 Å². The summed E-state index contributed by atoms with van der Waals surface area (Å²) in [5.74, 6) is 0.737. The number of nitrogens with zero attached hydrogens (tertiary/aromatic N) is 2. The topological polar surface area (TPSA) is 123 Å². The van der Waals surface area contributed by atoms with Crippen LogP contribution in [0.2, 0.25) is 0 Å². The lowest BCUT2D eigenvalue weighted by atomic mass is 9.99. The number of unbranched alkanes of at least 4 members (excludes halogenated alkanes) is 1. The van der Waals surface area contributed by atoms with Gasteiger partial charge in [-0.3, -0.25) is 14.9 Å². The number of ether oxygens (including phenoxy) is 2. The fourth-order valence-electron chi connectivity index (χ4n) is 4.88. The molecule has 3 aromatic rings. The van der Waals surface area contributed by atoms with Crippen LogP contribution in [-0.4, -0.2) is 55.6 Å². The second-order valence-electron chi connectivity index (χ2n) is 10.5. The third kappa shape index (κ3) is 9.26. The molecular weight excluding hydrogens is 558 g/mol. The normalized spacial score (nSPS) is 12.2. The van der Waals surface area contributed by atoms with E-state index in [9.17, 15) is 14.4 Å². The fraction of sp³-hybridized carbons (Fsp3) is 0.324. The first kappa shape index (κ1) is 31.9. The first-order valence-corrected chi connectivity index (χ1v) is 14.8. The Morgan fingerprint density at radius 2 is 1.73 bits per heavy atom. The molecule has 0 saturated carbocycles. The van der Waals surface area contributed by atoms with Crippen molar-refractivity contribution < 1.29 is 23.9 Å². The van der Waals surface area contributed by atoms with Crippen molar-refractivity contribution in [1.29, 1.82) is 0 Å². The molecule has 1 heterocycles. The molecule has 0 aliphatic carbocycles. The zero-order valence-electron chi connectivity index (χ0n) is 25.5. The van der Waals surface area contributed by atoms with Gasteiger partial charge in [0.2, 0.25) is 5.91 Å². The van der Waals surface area contributed by atoms with Gasteiger partial charge in [0.15, 0.2) is 6.61 Å². The zero-order chi connectivity index (χ0) is 31.3. The number of fused-ring (bicyclic) bond motifs is 1. The summed E-state index contributed by atoms with van der Waals surface area (Å²) in [6, 6.07) is 21.5. The van der Waals surface area contributed by atoms with Crippen LogP contribution in [0.4, 0.5) is 16.2 Å². The van der Waals surface area contributed by atoms with Gasteiger partial charge in [-0.15, -0.1) is 0 Å². The molecule has 10 nitrogen and oxygen atoms in total. The maximum Gasteiger partial charge on any atom is 0.319 e. The summed E-state index contributed by atoms with van der Waals surface area (Å²) in [5, 5.41) is 13.2. The van der Waals surface area contributed by atoms with Gasteiger partial charge in [-0.1, -0.05) is 49.7 Å². The lowest BCUT2D eigenvalue weighted by Gasteiger charge is -2.28. The second kappa shape index (κ2) is 16.0. The molecule has 0 fully saturated rings.